The van der Waals surface area contributed by atoms with Crippen molar-refractivity contribution >= 4 is 29.3 Å². The van der Waals surface area contributed by atoms with Crippen molar-refractivity contribution in [1.29, 1.82) is 0 Å². The second kappa shape index (κ2) is 11.5. The van der Waals surface area contributed by atoms with E-state index in [1.54, 1.807) is 44.2 Å². The van der Waals surface area contributed by atoms with Gasteiger partial charge in [-0.15, -0.1) is 10.2 Å². The van der Waals surface area contributed by atoms with Gasteiger partial charge in [0.05, 0.1) is 31.5 Å². The van der Waals surface area contributed by atoms with Crippen molar-refractivity contribution < 1.29 is 14.3 Å². The quantitative estimate of drug-likeness (QED) is 0.270. The highest BCUT2D eigenvalue weighted by Crippen LogP contribution is 2.31. The SMILES string of the molecule is COc1cccc(CSc2nnc(C(C)NC(=O)c3ccccc3OC)n2-c2cc(Cl)ccc2C)c1. The first-order valence-corrected chi connectivity index (χ1v) is 12.7. The summed E-state index contributed by atoms with van der Waals surface area (Å²) in [7, 11) is 3.19. The molecule has 1 heterocycles. The van der Waals surface area contributed by atoms with Crippen LogP contribution in [0.1, 0.15) is 40.3 Å². The van der Waals surface area contributed by atoms with E-state index in [-0.39, 0.29) is 5.91 Å². The number of rotatable bonds is 9. The van der Waals surface area contributed by atoms with E-state index < -0.39 is 6.04 Å². The normalized spacial score (nSPS) is 11.7. The summed E-state index contributed by atoms with van der Waals surface area (Å²) in [6, 6.07) is 20.2. The number of nitrogens with zero attached hydrogens (tertiary/aromatic N) is 3. The van der Waals surface area contributed by atoms with E-state index in [2.05, 4.69) is 15.5 Å². The highest BCUT2D eigenvalue weighted by molar-refractivity contribution is 7.98. The molecule has 0 radical (unpaired) electrons. The van der Waals surface area contributed by atoms with Gasteiger partial charge in [-0.3, -0.25) is 9.36 Å². The molecule has 7 nitrogen and oxygen atoms in total. The van der Waals surface area contributed by atoms with Crippen LogP contribution in [0.15, 0.2) is 71.9 Å². The molecular weight excluding hydrogens is 496 g/mol. The Morgan fingerprint density at radius 2 is 1.86 bits per heavy atom. The topological polar surface area (TPSA) is 78.3 Å². The number of aromatic nitrogens is 3. The van der Waals surface area contributed by atoms with Crippen LogP contribution >= 0.6 is 23.4 Å². The van der Waals surface area contributed by atoms with Crippen LogP contribution in [0.4, 0.5) is 0 Å². The van der Waals surface area contributed by atoms with Gasteiger partial charge in [-0.2, -0.15) is 0 Å². The average molecular weight is 523 g/mol. The van der Waals surface area contributed by atoms with Crippen molar-refractivity contribution in [2.24, 2.45) is 0 Å². The first-order valence-electron chi connectivity index (χ1n) is 11.3. The van der Waals surface area contributed by atoms with Gasteiger partial charge in [0.2, 0.25) is 0 Å². The number of hydrogen-bond acceptors (Lipinski definition) is 6. The maximum Gasteiger partial charge on any atom is 0.255 e. The predicted molar refractivity (Wildman–Crippen MR) is 143 cm³/mol. The summed E-state index contributed by atoms with van der Waals surface area (Å²) in [5.74, 6) is 2.30. The maximum atomic E-state index is 13.1. The lowest BCUT2D eigenvalue weighted by molar-refractivity contribution is 0.0935. The Morgan fingerprint density at radius 3 is 2.64 bits per heavy atom. The fourth-order valence-electron chi connectivity index (χ4n) is 3.79. The highest BCUT2D eigenvalue weighted by atomic mass is 35.5. The number of aryl methyl sites for hydroxylation is 1. The van der Waals surface area contributed by atoms with Gasteiger partial charge in [0.1, 0.15) is 11.5 Å². The fourth-order valence-corrected chi connectivity index (χ4v) is 4.85. The van der Waals surface area contributed by atoms with Gasteiger partial charge in [-0.25, -0.2) is 0 Å². The molecule has 1 N–H and O–H groups in total. The number of methoxy groups -OCH3 is 2. The van der Waals surface area contributed by atoms with Crippen molar-refractivity contribution in [3.63, 3.8) is 0 Å². The van der Waals surface area contributed by atoms with Crippen LogP contribution in [0.2, 0.25) is 5.02 Å². The molecule has 0 aliphatic heterocycles. The van der Waals surface area contributed by atoms with Gasteiger partial charge in [0.25, 0.3) is 5.91 Å². The number of carbonyl (C=O) groups excluding carboxylic acids is 1. The lowest BCUT2D eigenvalue weighted by Gasteiger charge is -2.18. The lowest BCUT2D eigenvalue weighted by Crippen LogP contribution is -2.29. The minimum atomic E-state index is -0.445. The summed E-state index contributed by atoms with van der Waals surface area (Å²) in [6.07, 6.45) is 0. The fraction of sp³-hybridized carbons (Fsp3) is 0.222. The molecule has 186 valence electrons. The first kappa shape index (κ1) is 25.6. The second-order valence-electron chi connectivity index (χ2n) is 8.14. The van der Waals surface area contributed by atoms with Crippen LogP contribution in [-0.2, 0) is 5.75 Å². The van der Waals surface area contributed by atoms with Crippen molar-refractivity contribution in [2.45, 2.75) is 30.8 Å². The molecule has 0 aliphatic carbocycles. The van der Waals surface area contributed by atoms with Crippen molar-refractivity contribution in [2.75, 3.05) is 14.2 Å². The van der Waals surface area contributed by atoms with Crippen LogP contribution in [0, 0.1) is 6.92 Å². The molecule has 1 atom stereocenters. The standard InChI is InChI=1S/C27H27ClN4O3S/c1-17-12-13-20(28)15-23(17)32-25(18(2)29-26(33)22-10-5-6-11-24(22)35-4)30-31-27(32)36-16-19-8-7-9-21(14-19)34-3/h5-15,18H,16H2,1-4H3,(H,29,33). The Kier molecular flexibility index (Phi) is 8.18. The predicted octanol–water partition coefficient (Wildman–Crippen LogP) is 6.03. The smallest absolute Gasteiger partial charge is 0.255 e. The first-order chi connectivity index (χ1) is 17.4. The van der Waals surface area contributed by atoms with E-state index in [4.69, 9.17) is 21.1 Å². The molecular formula is C27H27ClN4O3S. The minimum absolute atomic E-state index is 0.261. The molecule has 0 saturated heterocycles. The summed E-state index contributed by atoms with van der Waals surface area (Å²) in [4.78, 5) is 13.1. The summed E-state index contributed by atoms with van der Waals surface area (Å²) >= 11 is 7.91. The zero-order chi connectivity index (χ0) is 25.7. The second-order valence-corrected chi connectivity index (χ2v) is 9.52. The molecule has 0 fully saturated rings. The number of amides is 1. The molecule has 1 aromatic heterocycles. The van der Waals surface area contributed by atoms with Gasteiger partial charge < -0.3 is 14.8 Å². The number of nitrogens with one attached hydrogen (secondary N) is 1. The van der Waals surface area contributed by atoms with Crippen LogP contribution < -0.4 is 14.8 Å². The molecule has 9 heteroatoms. The number of thioether (sulfide) groups is 1. The van der Waals surface area contributed by atoms with Gasteiger partial charge in [-0.1, -0.05) is 53.7 Å². The lowest BCUT2D eigenvalue weighted by atomic mass is 10.1. The largest absolute Gasteiger partial charge is 0.497 e. The summed E-state index contributed by atoms with van der Waals surface area (Å²) in [5, 5.41) is 13.3. The van der Waals surface area contributed by atoms with E-state index >= 15 is 0 Å². The number of halogens is 1. The number of hydrogen-bond donors (Lipinski definition) is 1. The molecule has 0 bridgehead atoms. The third kappa shape index (κ3) is 5.66. The van der Waals surface area contributed by atoms with Crippen LogP contribution in [-0.4, -0.2) is 34.9 Å². The van der Waals surface area contributed by atoms with Crippen molar-refractivity contribution in [3.8, 4) is 17.2 Å². The average Bonchev–Trinajstić information content (AvgIpc) is 3.32. The maximum absolute atomic E-state index is 13.1. The number of ether oxygens (including phenoxy) is 2. The Hall–Kier alpha value is -3.49. The Morgan fingerprint density at radius 1 is 1.06 bits per heavy atom. The van der Waals surface area contributed by atoms with Gasteiger partial charge in [0.15, 0.2) is 11.0 Å². The number of para-hydroxylation sites is 1. The Labute approximate surface area is 219 Å². The number of carbonyl (C=O) groups is 1. The molecule has 36 heavy (non-hydrogen) atoms. The molecule has 0 aliphatic rings. The summed E-state index contributed by atoms with van der Waals surface area (Å²) in [5.41, 5.74) is 3.40. The molecule has 4 rings (SSSR count). The van der Waals surface area contributed by atoms with Crippen LogP contribution in [0.5, 0.6) is 11.5 Å². The molecule has 1 unspecified atom stereocenters. The van der Waals surface area contributed by atoms with E-state index in [0.717, 1.165) is 22.6 Å². The van der Waals surface area contributed by atoms with Crippen LogP contribution in [0.3, 0.4) is 0 Å². The molecule has 1 amide bonds. The summed E-state index contributed by atoms with van der Waals surface area (Å²) in [6.45, 7) is 3.88. The van der Waals surface area contributed by atoms with Crippen molar-refractivity contribution in [3.05, 3.63) is 94.3 Å². The van der Waals surface area contributed by atoms with Gasteiger partial charge in [0, 0.05) is 10.8 Å². The van der Waals surface area contributed by atoms with E-state index in [0.29, 0.717) is 33.1 Å². The van der Waals surface area contributed by atoms with Gasteiger partial charge in [-0.05, 0) is 61.4 Å². The highest BCUT2D eigenvalue weighted by Gasteiger charge is 2.23. The van der Waals surface area contributed by atoms with Crippen LogP contribution in [0.25, 0.3) is 5.69 Å². The number of benzene rings is 3. The Bertz CT molecular complexity index is 1370. The third-order valence-electron chi connectivity index (χ3n) is 5.66. The van der Waals surface area contributed by atoms with Gasteiger partial charge >= 0.3 is 0 Å². The Balaban J connectivity index is 1.67. The molecule has 0 saturated carbocycles. The third-order valence-corrected chi connectivity index (χ3v) is 6.89. The van der Waals surface area contributed by atoms with E-state index in [1.165, 1.54) is 0 Å². The zero-order valence-corrected chi connectivity index (χ0v) is 22.1. The van der Waals surface area contributed by atoms with E-state index in [9.17, 15) is 4.79 Å². The monoisotopic (exact) mass is 522 g/mol. The molecule has 3 aromatic carbocycles. The van der Waals surface area contributed by atoms with E-state index in [1.807, 2.05) is 66.9 Å². The van der Waals surface area contributed by atoms with Crippen molar-refractivity contribution in [1.82, 2.24) is 20.1 Å². The molecule has 0 spiro atoms. The minimum Gasteiger partial charge on any atom is -0.497 e. The zero-order valence-electron chi connectivity index (χ0n) is 20.5. The molecule has 4 aromatic rings. The summed E-state index contributed by atoms with van der Waals surface area (Å²) < 4.78 is 12.7.